The lowest BCUT2D eigenvalue weighted by Gasteiger charge is -2.23. The Morgan fingerprint density at radius 2 is 1.62 bits per heavy atom. The molecule has 0 aliphatic carbocycles. The zero-order valence-corrected chi connectivity index (χ0v) is 11.5. The van der Waals surface area contributed by atoms with Gasteiger partial charge in [0.1, 0.15) is 17.5 Å². The van der Waals surface area contributed by atoms with E-state index >= 15 is 0 Å². The Bertz CT molecular complexity index is 625. The zero-order valence-electron chi connectivity index (χ0n) is 11.5. The second-order valence-corrected chi connectivity index (χ2v) is 5.00. The second kappa shape index (κ2) is 6.28. The molecular weight excluding hydrogens is 279 g/mol. The molecule has 2 nitrogen and oxygen atoms in total. The van der Waals surface area contributed by atoms with Crippen molar-refractivity contribution in [1.29, 1.82) is 0 Å². The van der Waals surface area contributed by atoms with Gasteiger partial charge in [-0.15, -0.1) is 0 Å². The summed E-state index contributed by atoms with van der Waals surface area (Å²) in [6.07, 6.45) is -1.07. The van der Waals surface area contributed by atoms with Crippen LogP contribution < -0.4 is 5.73 Å². The van der Waals surface area contributed by atoms with Gasteiger partial charge in [-0.25, -0.2) is 13.2 Å². The van der Waals surface area contributed by atoms with E-state index in [0.29, 0.717) is 11.1 Å². The molecule has 0 bridgehead atoms. The third-order valence-corrected chi connectivity index (χ3v) is 3.47. The molecule has 2 rings (SSSR count). The van der Waals surface area contributed by atoms with Gasteiger partial charge in [0.05, 0.1) is 6.10 Å². The van der Waals surface area contributed by atoms with Crippen molar-refractivity contribution in [2.75, 3.05) is 6.54 Å². The fraction of sp³-hybridized carbons (Fsp3) is 0.250. The maximum atomic E-state index is 13.3. The average molecular weight is 295 g/mol. The van der Waals surface area contributed by atoms with Gasteiger partial charge < -0.3 is 10.8 Å². The number of nitrogens with two attached hydrogens (primary N) is 1. The van der Waals surface area contributed by atoms with Crippen molar-refractivity contribution >= 4 is 0 Å². The molecule has 112 valence electrons. The highest BCUT2D eigenvalue weighted by Crippen LogP contribution is 2.31. The molecule has 2 atom stereocenters. The van der Waals surface area contributed by atoms with Gasteiger partial charge in [0, 0.05) is 18.5 Å². The minimum absolute atomic E-state index is 0.000480. The molecular formula is C16H16F3NO. The highest BCUT2D eigenvalue weighted by Gasteiger charge is 2.23. The van der Waals surface area contributed by atoms with Crippen molar-refractivity contribution in [3.8, 4) is 0 Å². The van der Waals surface area contributed by atoms with Crippen LogP contribution in [0.2, 0.25) is 0 Å². The van der Waals surface area contributed by atoms with Crippen molar-refractivity contribution in [3.63, 3.8) is 0 Å². The lowest BCUT2D eigenvalue weighted by atomic mass is 9.88. The van der Waals surface area contributed by atoms with Gasteiger partial charge in [0.15, 0.2) is 0 Å². The quantitative estimate of drug-likeness (QED) is 0.910. The second-order valence-electron chi connectivity index (χ2n) is 5.00. The molecule has 0 saturated carbocycles. The highest BCUT2D eigenvalue weighted by molar-refractivity contribution is 5.31. The maximum Gasteiger partial charge on any atom is 0.126 e. The molecule has 3 N–H and O–H groups in total. The lowest BCUT2D eigenvalue weighted by Crippen LogP contribution is -2.20. The Morgan fingerprint density at radius 1 is 1.00 bits per heavy atom. The topological polar surface area (TPSA) is 46.2 Å². The summed E-state index contributed by atoms with van der Waals surface area (Å²) in [6, 6.07) is 7.21. The molecule has 5 heteroatoms. The minimum Gasteiger partial charge on any atom is -0.388 e. The normalized spacial score (nSPS) is 14.0. The molecule has 0 aliphatic rings. The SMILES string of the molecule is Cc1cc(C(O)C(CN)c2cc(F)cc(F)c2)ccc1F. The van der Waals surface area contributed by atoms with Gasteiger partial charge in [-0.1, -0.05) is 12.1 Å². The van der Waals surface area contributed by atoms with Gasteiger partial charge in [-0.2, -0.15) is 0 Å². The number of benzene rings is 2. The van der Waals surface area contributed by atoms with Crippen molar-refractivity contribution < 1.29 is 18.3 Å². The number of rotatable bonds is 4. The van der Waals surface area contributed by atoms with Crippen molar-refractivity contribution in [2.45, 2.75) is 18.9 Å². The van der Waals surface area contributed by atoms with Crippen LogP contribution in [-0.4, -0.2) is 11.7 Å². The standard InChI is InChI=1S/C16H16F3NO/c1-9-4-10(2-3-15(9)19)16(21)14(8-20)11-5-12(17)7-13(18)6-11/h2-7,14,16,21H,8,20H2,1H3. The van der Waals surface area contributed by atoms with Gasteiger partial charge >= 0.3 is 0 Å². The van der Waals surface area contributed by atoms with Crippen LogP contribution in [0.5, 0.6) is 0 Å². The summed E-state index contributed by atoms with van der Waals surface area (Å²) >= 11 is 0. The summed E-state index contributed by atoms with van der Waals surface area (Å²) in [5, 5.41) is 10.4. The van der Waals surface area contributed by atoms with Crippen LogP contribution >= 0.6 is 0 Å². The minimum atomic E-state index is -1.07. The molecule has 0 saturated heterocycles. The highest BCUT2D eigenvalue weighted by atomic mass is 19.1. The van der Waals surface area contributed by atoms with Crippen LogP contribution in [-0.2, 0) is 0 Å². The molecule has 2 unspecified atom stereocenters. The summed E-state index contributed by atoms with van der Waals surface area (Å²) in [4.78, 5) is 0. The first kappa shape index (κ1) is 15.5. The van der Waals surface area contributed by atoms with Crippen LogP contribution in [0.25, 0.3) is 0 Å². The third-order valence-electron chi connectivity index (χ3n) is 3.47. The molecule has 0 spiro atoms. The van der Waals surface area contributed by atoms with Gasteiger partial charge in [-0.05, 0) is 41.8 Å². The molecule has 0 aliphatic heterocycles. The van der Waals surface area contributed by atoms with E-state index in [9.17, 15) is 18.3 Å². The summed E-state index contributed by atoms with van der Waals surface area (Å²) in [5.41, 5.74) is 6.74. The predicted molar refractivity (Wildman–Crippen MR) is 74.3 cm³/mol. The summed E-state index contributed by atoms with van der Waals surface area (Å²) < 4.78 is 39.9. The number of aliphatic hydroxyl groups excluding tert-OH is 1. The number of aryl methyl sites for hydroxylation is 1. The molecule has 2 aromatic carbocycles. The molecule has 0 amide bonds. The third kappa shape index (κ3) is 3.43. The first-order valence-corrected chi connectivity index (χ1v) is 6.52. The number of aliphatic hydroxyl groups is 1. The van der Waals surface area contributed by atoms with E-state index in [1.165, 1.54) is 18.2 Å². The van der Waals surface area contributed by atoms with Crippen molar-refractivity contribution in [3.05, 3.63) is 70.5 Å². The number of hydrogen-bond donors (Lipinski definition) is 2. The summed E-state index contributed by atoms with van der Waals surface area (Å²) in [7, 11) is 0. The fourth-order valence-electron chi connectivity index (χ4n) is 2.32. The van der Waals surface area contributed by atoms with Gasteiger partial charge in [0.25, 0.3) is 0 Å². The maximum absolute atomic E-state index is 13.3. The summed E-state index contributed by atoms with van der Waals surface area (Å²) in [5.74, 6) is -2.52. The van der Waals surface area contributed by atoms with Crippen LogP contribution in [0.3, 0.4) is 0 Å². The van der Waals surface area contributed by atoms with Crippen LogP contribution in [0.4, 0.5) is 13.2 Å². The Labute approximate surface area is 121 Å². The average Bonchev–Trinajstić information content (AvgIpc) is 2.41. The lowest BCUT2D eigenvalue weighted by molar-refractivity contribution is 0.147. The largest absolute Gasteiger partial charge is 0.388 e. The molecule has 0 heterocycles. The molecule has 0 aromatic heterocycles. The molecule has 0 radical (unpaired) electrons. The first-order chi connectivity index (χ1) is 9.92. The van der Waals surface area contributed by atoms with E-state index in [1.807, 2.05) is 0 Å². The molecule has 2 aromatic rings. The Morgan fingerprint density at radius 3 is 2.14 bits per heavy atom. The van der Waals surface area contributed by atoms with Crippen LogP contribution in [0.15, 0.2) is 36.4 Å². The van der Waals surface area contributed by atoms with E-state index in [4.69, 9.17) is 5.73 Å². The van der Waals surface area contributed by atoms with E-state index in [2.05, 4.69) is 0 Å². The zero-order chi connectivity index (χ0) is 15.6. The number of hydrogen-bond acceptors (Lipinski definition) is 2. The first-order valence-electron chi connectivity index (χ1n) is 6.52. The van der Waals surface area contributed by atoms with Crippen molar-refractivity contribution in [1.82, 2.24) is 0 Å². The Hall–Kier alpha value is -1.85. The van der Waals surface area contributed by atoms with Gasteiger partial charge in [-0.3, -0.25) is 0 Å². The molecule has 0 fully saturated rings. The monoisotopic (exact) mass is 295 g/mol. The van der Waals surface area contributed by atoms with E-state index < -0.39 is 23.7 Å². The van der Waals surface area contributed by atoms with E-state index in [-0.39, 0.29) is 17.9 Å². The van der Waals surface area contributed by atoms with Gasteiger partial charge in [0.2, 0.25) is 0 Å². The van der Waals surface area contributed by atoms with Crippen LogP contribution in [0.1, 0.15) is 28.7 Å². The van der Waals surface area contributed by atoms with E-state index in [0.717, 1.165) is 18.2 Å². The van der Waals surface area contributed by atoms with E-state index in [1.54, 1.807) is 6.92 Å². The fourth-order valence-corrected chi connectivity index (χ4v) is 2.32. The summed E-state index contributed by atoms with van der Waals surface area (Å²) in [6.45, 7) is 1.57. The van der Waals surface area contributed by atoms with Crippen molar-refractivity contribution in [2.24, 2.45) is 5.73 Å². The predicted octanol–water partition coefficient (Wildman–Crippen LogP) is 3.19. The number of halogens is 3. The molecule has 21 heavy (non-hydrogen) atoms. The Kier molecular flexibility index (Phi) is 4.65. The van der Waals surface area contributed by atoms with Crippen LogP contribution in [0, 0.1) is 24.4 Å². The smallest absolute Gasteiger partial charge is 0.126 e. The Balaban J connectivity index is 2.37.